The first kappa shape index (κ1) is 19.0. The smallest absolute Gasteiger partial charge is 0.231 e. The highest BCUT2D eigenvalue weighted by atomic mass is 79.9. The Morgan fingerprint density at radius 2 is 2.04 bits per heavy atom. The van der Waals surface area contributed by atoms with Crippen LogP contribution in [0.2, 0.25) is 0 Å². The minimum atomic E-state index is -0.729. The summed E-state index contributed by atoms with van der Waals surface area (Å²) in [6.45, 7) is 0.527. The lowest BCUT2D eigenvalue weighted by Crippen LogP contribution is -2.25. The van der Waals surface area contributed by atoms with Crippen LogP contribution < -0.4 is 11.1 Å². The summed E-state index contributed by atoms with van der Waals surface area (Å²) in [7, 11) is 0. The third-order valence-electron chi connectivity index (χ3n) is 4.06. The molecular formula is C20H18BrFN4O. The van der Waals surface area contributed by atoms with Gasteiger partial charge in [0, 0.05) is 29.0 Å². The molecule has 0 radical (unpaired) electrons. The predicted molar refractivity (Wildman–Crippen MR) is 106 cm³/mol. The lowest BCUT2D eigenvalue weighted by atomic mass is 9.94. The van der Waals surface area contributed by atoms with Gasteiger partial charge in [-0.2, -0.15) is 0 Å². The summed E-state index contributed by atoms with van der Waals surface area (Å²) in [6.07, 6.45) is 3.87. The highest BCUT2D eigenvalue weighted by Gasteiger charge is 2.25. The first-order valence-corrected chi connectivity index (χ1v) is 9.18. The Bertz CT molecular complexity index is 936. The van der Waals surface area contributed by atoms with Gasteiger partial charge in [-0.3, -0.25) is 9.78 Å². The van der Waals surface area contributed by atoms with Gasteiger partial charge in [0.15, 0.2) is 0 Å². The number of anilines is 1. The standard InChI is InChI=1S/C20H18BrFN4O/c21-14-11-16(18(19(23)27)17-6-1-2-8-24-17)20(26-12-14)25-9-7-13-4-3-5-15(22)10-13/h1-6,8,10-12,18H,7,9H2,(H2,23,27)(H,25,26). The number of benzene rings is 1. The van der Waals surface area contributed by atoms with Crippen molar-refractivity contribution in [2.24, 2.45) is 5.73 Å². The maximum atomic E-state index is 13.3. The highest BCUT2D eigenvalue weighted by molar-refractivity contribution is 9.10. The van der Waals surface area contributed by atoms with E-state index in [1.165, 1.54) is 12.1 Å². The predicted octanol–water partition coefficient (Wildman–Crippen LogP) is 3.65. The molecule has 3 aromatic rings. The molecule has 1 aromatic carbocycles. The van der Waals surface area contributed by atoms with Crippen LogP contribution in [-0.4, -0.2) is 22.4 Å². The van der Waals surface area contributed by atoms with Crippen LogP contribution in [-0.2, 0) is 11.2 Å². The van der Waals surface area contributed by atoms with E-state index in [0.29, 0.717) is 30.0 Å². The molecule has 3 N–H and O–H groups in total. The molecule has 0 fully saturated rings. The van der Waals surface area contributed by atoms with E-state index in [1.54, 1.807) is 36.7 Å². The third-order valence-corrected chi connectivity index (χ3v) is 4.49. The summed E-state index contributed by atoms with van der Waals surface area (Å²) in [5, 5.41) is 3.22. The second-order valence-electron chi connectivity index (χ2n) is 5.99. The number of nitrogens with two attached hydrogens (primary N) is 1. The van der Waals surface area contributed by atoms with Gasteiger partial charge in [0.1, 0.15) is 17.6 Å². The maximum absolute atomic E-state index is 13.3. The van der Waals surface area contributed by atoms with E-state index >= 15 is 0 Å². The van der Waals surface area contributed by atoms with Crippen LogP contribution in [0.25, 0.3) is 0 Å². The number of primary amides is 1. The molecule has 1 atom stereocenters. The number of nitrogens with zero attached hydrogens (tertiary/aromatic N) is 2. The molecule has 0 spiro atoms. The molecule has 5 nitrogen and oxygen atoms in total. The molecule has 0 bridgehead atoms. The van der Waals surface area contributed by atoms with Crippen molar-refractivity contribution in [3.8, 4) is 0 Å². The molecule has 0 saturated heterocycles. The van der Waals surface area contributed by atoms with E-state index in [2.05, 4.69) is 31.2 Å². The highest BCUT2D eigenvalue weighted by Crippen LogP contribution is 2.30. The van der Waals surface area contributed by atoms with E-state index < -0.39 is 11.8 Å². The van der Waals surface area contributed by atoms with Gasteiger partial charge in [-0.1, -0.05) is 18.2 Å². The van der Waals surface area contributed by atoms with Crippen LogP contribution in [0.1, 0.15) is 22.7 Å². The molecule has 0 aliphatic carbocycles. The Morgan fingerprint density at radius 3 is 2.74 bits per heavy atom. The molecular weight excluding hydrogens is 411 g/mol. The Hall–Kier alpha value is -2.80. The molecule has 2 heterocycles. The van der Waals surface area contributed by atoms with Crippen molar-refractivity contribution in [2.75, 3.05) is 11.9 Å². The van der Waals surface area contributed by atoms with Crippen molar-refractivity contribution in [1.82, 2.24) is 9.97 Å². The number of nitrogens with one attached hydrogen (secondary N) is 1. The molecule has 0 aliphatic heterocycles. The number of carbonyl (C=O) groups is 1. The van der Waals surface area contributed by atoms with Gasteiger partial charge in [0.2, 0.25) is 5.91 Å². The molecule has 27 heavy (non-hydrogen) atoms. The normalized spacial score (nSPS) is 11.8. The first-order chi connectivity index (χ1) is 13.0. The maximum Gasteiger partial charge on any atom is 0.231 e. The summed E-state index contributed by atoms with van der Waals surface area (Å²) in [5.41, 5.74) is 7.73. The Morgan fingerprint density at radius 1 is 1.19 bits per heavy atom. The Kier molecular flexibility index (Phi) is 6.13. The fourth-order valence-electron chi connectivity index (χ4n) is 2.85. The average Bonchev–Trinajstić information content (AvgIpc) is 2.64. The molecule has 138 valence electrons. The fourth-order valence-corrected chi connectivity index (χ4v) is 3.19. The van der Waals surface area contributed by atoms with Crippen molar-refractivity contribution < 1.29 is 9.18 Å². The zero-order chi connectivity index (χ0) is 19.2. The number of pyridine rings is 2. The van der Waals surface area contributed by atoms with Crippen molar-refractivity contribution in [2.45, 2.75) is 12.3 Å². The second-order valence-corrected chi connectivity index (χ2v) is 6.90. The summed E-state index contributed by atoms with van der Waals surface area (Å²) in [5.74, 6) is -0.961. The van der Waals surface area contributed by atoms with Crippen LogP contribution in [0.15, 0.2) is 65.4 Å². The van der Waals surface area contributed by atoms with E-state index in [0.717, 1.165) is 10.0 Å². The third kappa shape index (κ3) is 4.89. The van der Waals surface area contributed by atoms with Crippen molar-refractivity contribution in [1.29, 1.82) is 0 Å². The van der Waals surface area contributed by atoms with Crippen molar-refractivity contribution in [3.05, 3.63) is 88.0 Å². The van der Waals surface area contributed by atoms with Crippen LogP contribution in [0.5, 0.6) is 0 Å². The number of halogens is 2. The minimum absolute atomic E-state index is 0.265. The number of aromatic nitrogens is 2. The van der Waals surface area contributed by atoms with E-state index in [-0.39, 0.29) is 5.82 Å². The van der Waals surface area contributed by atoms with Gasteiger partial charge in [-0.25, -0.2) is 9.37 Å². The minimum Gasteiger partial charge on any atom is -0.369 e. The zero-order valence-electron chi connectivity index (χ0n) is 14.4. The second kappa shape index (κ2) is 8.73. The van der Waals surface area contributed by atoms with E-state index in [4.69, 9.17) is 5.73 Å². The lowest BCUT2D eigenvalue weighted by Gasteiger charge is -2.18. The van der Waals surface area contributed by atoms with Crippen LogP contribution in [0.4, 0.5) is 10.2 Å². The summed E-state index contributed by atoms with van der Waals surface area (Å²) >= 11 is 3.39. The topological polar surface area (TPSA) is 80.9 Å². The van der Waals surface area contributed by atoms with E-state index in [9.17, 15) is 9.18 Å². The number of amides is 1. The van der Waals surface area contributed by atoms with Crippen molar-refractivity contribution in [3.63, 3.8) is 0 Å². The van der Waals surface area contributed by atoms with Crippen molar-refractivity contribution >= 4 is 27.7 Å². The fraction of sp³-hybridized carbons (Fsp3) is 0.150. The number of carbonyl (C=O) groups excluding carboxylic acids is 1. The van der Waals surface area contributed by atoms with Gasteiger partial charge in [-0.15, -0.1) is 0 Å². The van der Waals surface area contributed by atoms with Gasteiger partial charge in [-0.05, 0) is 58.2 Å². The van der Waals surface area contributed by atoms with E-state index in [1.807, 2.05) is 12.1 Å². The molecule has 1 amide bonds. The number of hydrogen-bond acceptors (Lipinski definition) is 4. The molecule has 0 saturated carbocycles. The first-order valence-electron chi connectivity index (χ1n) is 8.38. The molecule has 3 rings (SSSR count). The quantitative estimate of drug-likeness (QED) is 0.601. The summed E-state index contributed by atoms with van der Waals surface area (Å²) in [6, 6.07) is 13.6. The molecule has 1 unspecified atom stereocenters. The summed E-state index contributed by atoms with van der Waals surface area (Å²) in [4.78, 5) is 20.8. The van der Waals surface area contributed by atoms with Crippen LogP contribution in [0.3, 0.4) is 0 Å². The van der Waals surface area contributed by atoms with Gasteiger partial charge in [0.25, 0.3) is 0 Å². The zero-order valence-corrected chi connectivity index (χ0v) is 16.0. The number of hydrogen-bond donors (Lipinski definition) is 2. The van der Waals surface area contributed by atoms with Gasteiger partial charge < -0.3 is 11.1 Å². The van der Waals surface area contributed by atoms with Crippen LogP contribution in [0, 0.1) is 5.82 Å². The van der Waals surface area contributed by atoms with Gasteiger partial charge in [0.05, 0.1) is 5.69 Å². The molecule has 0 aliphatic rings. The van der Waals surface area contributed by atoms with Gasteiger partial charge >= 0.3 is 0 Å². The Labute approximate surface area is 165 Å². The SMILES string of the molecule is NC(=O)C(c1ccccn1)c1cc(Br)cnc1NCCc1cccc(F)c1. The van der Waals surface area contributed by atoms with Crippen LogP contribution >= 0.6 is 15.9 Å². The molecule has 7 heteroatoms. The average molecular weight is 429 g/mol. The largest absolute Gasteiger partial charge is 0.369 e. The molecule has 2 aromatic heterocycles. The lowest BCUT2D eigenvalue weighted by molar-refractivity contribution is -0.118. The number of rotatable bonds is 7. The monoisotopic (exact) mass is 428 g/mol. The Balaban J connectivity index is 1.85. The summed E-state index contributed by atoms with van der Waals surface area (Å²) < 4.78 is 14.0.